The molecule has 0 atom stereocenters. The van der Waals surface area contributed by atoms with E-state index < -0.39 is 10.0 Å². The van der Waals surface area contributed by atoms with Gasteiger partial charge in [-0.15, -0.1) is 0 Å². The summed E-state index contributed by atoms with van der Waals surface area (Å²) in [6.07, 6.45) is 0.763. The van der Waals surface area contributed by atoms with Gasteiger partial charge in [-0.1, -0.05) is 36.8 Å². The summed E-state index contributed by atoms with van der Waals surface area (Å²) < 4.78 is 27.4. The van der Waals surface area contributed by atoms with Crippen LogP contribution in [0.25, 0.3) is 10.9 Å². The van der Waals surface area contributed by atoms with Crippen LogP contribution in [0, 0.1) is 6.92 Å². The zero-order chi connectivity index (χ0) is 19.7. The third kappa shape index (κ3) is 3.47. The molecule has 0 amide bonds. The van der Waals surface area contributed by atoms with Crippen LogP contribution in [0.15, 0.2) is 53.4 Å². The van der Waals surface area contributed by atoms with E-state index in [1.165, 1.54) is 0 Å². The van der Waals surface area contributed by atoms with Crippen LogP contribution in [0.1, 0.15) is 18.3 Å². The van der Waals surface area contributed by atoms with Crippen molar-refractivity contribution in [3.8, 4) is 0 Å². The average molecular weight is 397 g/mol. The maximum Gasteiger partial charge on any atom is 0.243 e. The molecule has 0 bridgehead atoms. The van der Waals surface area contributed by atoms with E-state index in [0.29, 0.717) is 31.1 Å². The largest absolute Gasteiger partial charge is 0.353 e. The second-order valence-corrected chi connectivity index (χ2v) is 8.98. The number of piperazine rings is 1. The monoisotopic (exact) mass is 396 g/mol. The van der Waals surface area contributed by atoms with Crippen LogP contribution in [0.2, 0.25) is 0 Å². The Labute approximate surface area is 165 Å². The molecule has 1 saturated heterocycles. The first-order chi connectivity index (χ1) is 13.5. The normalized spacial score (nSPS) is 15.9. The smallest absolute Gasteiger partial charge is 0.243 e. The van der Waals surface area contributed by atoms with Gasteiger partial charge in [0.2, 0.25) is 10.0 Å². The first-order valence-corrected chi connectivity index (χ1v) is 11.0. The molecule has 6 nitrogen and oxygen atoms in total. The highest BCUT2D eigenvalue weighted by Gasteiger charge is 2.29. The SMILES string of the molecule is CCc1nc(N2CCN(S(=O)(=O)c3ccc(C)cc3)CC2)c2ccccc2n1. The fraction of sp³-hybridized carbons (Fsp3) is 0.333. The van der Waals surface area contributed by atoms with Crippen molar-refractivity contribution in [3.05, 3.63) is 59.9 Å². The lowest BCUT2D eigenvalue weighted by molar-refractivity contribution is 0.384. The molecule has 1 aliphatic heterocycles. The van der Waals surface area contributed by atoms with Gasteiger partial charge in [0.1, 0.15) is 11.6 Å². The number of benzene rings is 2. The molecule has 0 spiro atoms. The quantitative estimate of drug-likeness (QED) is 0.678. The number of aromatic nitrogens is 2. The molecule has 0 radical (unpaired) electrons. The van der Waals surface area contributed by atoms with Gasteiger partial charge < -0.3 is 4.90 Å². The minimum absolute atomic E-state index is 0.354. The van der Waals surface area contributed by atoms with Gasteiger partial charge in [0, 0.05) is 38.0 Å². The summed E-state index contributed by atoms with van der Waals surface area (Å²) in [6, 6.07) is 15.0. The summed E-state index contributed by atoms with van der Waals surface area (Å²) in [6.45, 7) is 6.09. The number of hydrogen-bond donors (Lipinski definition) is 0. The molecular weight excluding hydrogens is 372 g/mol. The minimum Gasteiger partial charge on any atom is -0.353 e. The maximum absolute atomic E-state index is 12.9. The topological polar surface area (TPSA) is 66.4 Å². The van der Waals surface area contributed by atoms with E-state index in [4.69, 9.17) is 4.98 Å². The first kappa shape index (κ1) is 18.8. The number of rotatable bonds is 4. The third-order valence-electron chi connectivity index (χ3n) is 5.14. The summed E-state index contributed by atoms with van der Waals surface area (Å²) in [4.78, 5) is 11.9. The molecular formula is C21H24N4O2S. The van der Waals surface area contributed by atoms with E-state index >= 15 is 0 Å². The second-order valence-electron chi connectivity index (χ2n) is 7.04. The van der Waals surface area contributed by atoms with Crippen LogP contribution in [0.5, 0.6) is 0 Å². The Morgan fingerprint density at radius 3 is 2.29 bits per heavy atom. The highest BCUT2D eigenvalue weighted by molar-refractivity contribution is 7.89. The van der Waals surface area contributed by atoms with Crippen LogP contribution in [-0.4, -0.2) is 48.9 Å². The minimum atomic E-state index is -3.47. The van der Waals surface area contributed by atoms with E-state index in [9.17, 15) is 8.42 Å². The van der Waals surface area contributed by atoms with Gasteiger partial charge in [-0.25, -0.2) is 18.4 Å². The Morgan fingerprint density at radius 2 is 1.61 bits per heavy atom. The van der Waals surface area contributed by atoms with E-state index in [1.54, 1.807) is 16.4 Å². The highest BCUT2D eigenvalue weighted by Crippen LogP contribution is 2.26. The molecule has 2 heterocycles. The molecule has 0 saturated carbocycles. The van der Waals surface area contributed by atoms with E-state index in [1.807, 2.05) is 50.2 Å². The van der Waals surface area contributed by atoms with Gasteiger partial charge in [0.05, 0.1) is 10.4 Å². The average Bonchev–Trinajstić information content (AvgIpc) is 2.73. The molecule has 4 rings (SSSR count). The van der Waals surface area contributed by atoms with Crippen molar-refractivity contribution in [3.63, 3.8) is 0 Å². The van der Waals surface area contributed by atoms with Gasteiger partial charge in [-0.05, 0) is 31.2 Å². The van der Waals surface area contributed by atoms with Crippen LogP contribution >= 0.6 is 0 Å². The lowest BCUT2D eigenvalue weighted by atomic mass is 10.2. The summed E-state index contributed by atoms with van der Waals surface area (Å²) >= 11 is 0. The van der Waals surface area contributed by atoms with Gasteiger partial charge in [0.15, 0.2) is 0 Å². The van der Waals surface area contributed by atoms with Gasteiger partial charge in [0.25, 0.3) is 0 Å². The van der Waals surface area contributed by atoms with Crippen molar-refractivity contribution in [1.29, 1.82) is 0 Å². The number of nitrogens with zero attached hydrogens (tertiary/aromatic N) is 4. The van der Waals surface area contributed by atoms with Crippen molar-refractivity contribution >= 4 is 26.7 Å². The van der Waals surface area contributed by atoms with Crippen molar-refractivity contribution in [1.82, 2.24) is 14.3 Å². The molecule has 0 N–H and O–H groups in total. The Bertz CT molecular complexity index is 1090. The number of sulfonamides is 1. The lowest BCUT2D eigenvalue weighted by Gasteiger charge is -2.35. The number of hydrogen-bond acceptors (Lipinski definition) is 5. The lowest BCUT2D eigenvalue weighted by Crippen LogP contribution is -2.49. The highest BCUT2D eigenvalue weighted by atomic mass is 32.2. The molecule has 146 valence electrons. The summed E-state index contributed by atoms with van der Waals surface area (Å²) in [7, 11) is -3.47. The summed E-state index contributed by atoms with van der Waals surface area (Å²) in [5.41, 5.74) is 1.98. The van der Waals surface area contributed by atoms with Crippen LogP contribution in [0.4, 0.5) is 5.82 Å². The molecule has 2 aromatic carbocycles. The summed E-state index contributed by atoms with van der Waals surface area (Å²) in [5.74, 6) is 1.71. The zero-order valence-corrected chi connectivity index (χ0v) is 17.0. The van der Waals surface area contributed by atoms with E-state index in [-0.39, 0.29) is 0 Å². The Morgan fingerprint density at radius 1 is 0.929 bits per heavy atom. The zero-order valence-electron chi connectivity index (χ0n) is 16.2. The van der Waals surface area contributed by atoms with Crippen LogP contribution in [0.3, 0.4) is 0 Å². The van der Waals surface area contributed by atoms with Gasteiger partial charge in [-0.2, -0.15) is 4.31 Å². The van der Waals surface area contributed by atoms with Crippen molar-refractivity contribution in [2.24, 2.45) is 0 Å². The van der Waals surface area contributed by atoms with E-state index in [2.05, 4.69) is 9.88 Å². The predicted molar refractivity (Wildman–Crippen MR) is 111 cm³/mol. The Kier molecular flexibility index (Phi) is 5.03. The molecule has 1 aliphatic rings. The van der Waals surface area contributed by atoms with Crippen molar-refractivity contribution in [2.45, 2.75) is 25.2 Å². The predicted octanol–water partition coefficient (Wildman–Crippen LogP) is 3.01. The number of anilines is 1. The van der Waals surface area contributed by atoms with Crippen LogP contribution in [-0.2, 0) is 16.4 Å². The molecule has 3 aromatic rings. The Hall–Kier alpha value is -2.51. The summed E-state index contributed by atoms with van der Waals surface area (Å²) in [5, 5.41) is 1.01. The fourth-order valence-corrected chi connectivity index (χ4v) is 4.93. The molecule has 7 heteroatoms. The van der Waals surface area contributed by atoms with Gasteiger partial charge >= 0.3 is 0 Å². The molecule has 0 unspecified atom stereocenters. The second kappa shape index (κ2) is 7.48. The molecule has 0 aliphatic carbocycles. The van der Waals surface area contributed by atoms with Gasteiger partial charge in [-0.3, -0.25) is 0 Å². The number of aryl methyl sites for hydroxylation is 2. The number of para-hydroxylation sites is 1. The standard InChI is InChI=1S/C21H24N4O2S/c1-3-20-22-19-7-5-4-6-18(19)21(23-20)24-12-14-25(15-13-24)28(26,27)17-10-8-16(2)9-11-17/h4-11H,3,12-15H2,1-2H3. The van der Waals surface area contributed by atoms with Crippen molar-refractivity contribution < 1.29 is 8.42 Å². The molecule has 28 heavy (non-hydrogen) atoms. The molecule has 1 fully saturated rings. The van der Waals surface area contributed by atoms with Crippen LogP contribution < -0.4 is 4.90 Å². The fourth-order valence-electron chi connectivity index (χ4n) is 3.51. The van der Waals surface area contributed by atoms with Crippen molar-refractivity contribution in [2.75, 3.05) is 31.1 Å². The molecule has 1 aromatic heterocycles. The Balaban J connectivity index is 1.58. The third-order valence-corrected chi connectivity index (χ3v) is 7.06. The first-order valence-electron chi connectivity index (χ1n) is 9.56. The number of fused-ring (bicyclic) bond motifs is 1. The maximum atomic E-state index is 12.9. The van der Waals surface area contributed by atoms with E-state index in [0.717, 1.165) is 34.5 Å².